The van der Waals surface area contributed by atoms with Crippen molar-refractivity contribution in [3.8, 4) is 0 Å². The Labute approximate surface area is 112 Å². The van der Waals surface area contributed by atoms with Crippen LogP contribution < -0.4 is 4.90 Å². The van der Waals surface area contributed by atoms with E-state index in [-0.39, 0.29) is 19.1 Å². The van der Waals surface area contributed by atoms with Crippen molar-refractivity contribution in [3.05, 3.63) is 29.8 Å². The van der Waals surface area contributed by atoms with Crippen LogP contribution in [0.1, 0.15) is 12.5 Å². The van der Waals surface area contributed by atoms with E-state index in [9.17, 15) is 9.59 Å². The Morgan fingerprint density at radius 1 is 1.42 bits per heavy atom. The fourth-order valence-corrected chi connectivity index (χ4v) is 1.70. The molecule has 0 aliphatic heterocycles. The maximum absolute atomic E-state index is 12.0. The first-order chi connectivity index (χ1) is 8.95. The number of methoxy groups -OCH3 is 1. The largest absolute Gasteiger partial charge is 0.481 e. The standard InChI is InChI=1S/C14H19NO4/c1-10-5-4-6-12(7-10)15(13(16)9-19-3)8-11(2)14(17)18/h4-7,11H,8-9H2,1-3H3,(H,17,18). The van der Waals surface area contributed by atoms with E-state index in [0.29, 0.717) is 5.69 Å². The number of carbonyl (C=O) groups excluding carboxylic acids is 1. The SMILES string of the molecule is COCC(=O)N(CC(C)C(=O)O)c1cccc(C)c1. The van der Waals surface area contributed by atoms with E-state index in [2.05, 4.69) is 0 Å². The predicted molar refractivity (Wildman–Crippen MR) is 72.2 cm³/mol. The lowest BCUT2D eigenvalue weighted by molar-refractivity contribution is -0.140. The molecule has 1 N–H and O–H groups in total. The summed E-state index contributed by atoms with van der Waals surface area (Å²) >= 11 is 0. The number of benzene rings is 1. The van der Waals surface area contributed by atoms with Crippen molar-refractivity contribution in [1.29, 1.82) is 0 Å². The first-order valence-electron chi connectivity index (χ1n) is 6.04. The number of anilines is 1. The minimum Gasteiger partial charge on any atom is -0.481 e. The van der Waals surface area contributed by atoms with Gasteiger partial charge in [0.2, 0.25) is 0 Å². The van der Waals surface area contributed by atoms with Crippen LogP contribution in [0.15, 0.2) is 24.3 Å². The molecule has 1 aromatic carbocycles. The fraction of sp³-hybridized carbons (Fsp3) is 0.429. The van der Waals surface area contributed by atoms with Gasteiger partial charge in [-0.15, -0.1) is 0 Å². The van der Waals surface area contributed by atoms with E-state index in [4.69, 9.17) is 9.84 Å². The number of carbonyl (C=O) groups is 2. The summed E-state index contributed by atoms with van der Waals surface area (Å²) in [6, 6.07) is 7.39. The van der Waals surface area contributed by atoms with Crippen LogP contribution in [0.4, 0.5) is 5.69 Å². The lowest BCUT2D eigenvalue weighted by Crippen LogP contribution is -2.39. The van der Waals surface area contributed by atoms with Crippen LogP contribution in [0, 0.1) is 12.8 Å². The molecule has 19 heavy (non-hydrogen) atoms. The highest BCUT2D eigenvalue weighted by Gasteiger charge is 2.21. The molecular formula is C14H19NO4. The van der Waals surface area contributed by atoms with Gasteiger partial charge in [0.15, 0.2) is 0 Å². The van der Waals surface area contributed by atoms with Crippen LogP contribution in [0.2, 0.25) is 0 Å². The molecule has 0 aromatic heterocycles. The van der Waals surface area contributed by atoms with Crippen molar-refractivity contribution >= 4 is 17.6 Å². The molecule has 0 bridgehead atoms. The summed E-state index contributed by atoms with van der Waals surface area (Å²) in [6.07, 6.45) is 0. The third-order valence-electron chi connectivity index (χ3n) is 2.76. The molecule has 0 saturated heterocycles. The second kappa shape index (κ2) is 6.89. The van der Waals surface area contributed by atoms with Crippen LogP contribution in [0.3, 0.4) is 0 Å². The van der Waals surface area contributed by atoms with Gasteiger partial charge >= 0.3 is 5.97 Å². The van der Waals surface area contributed by atoms with Gasteiger partial charge < -0.3 is 14.7 Å². The Morgan fingerprint density at radius 3 is 2.63 bits per heavy atom. The zero-order valence-corrected chi connectivity index (χ0v) is 11.4. The van der Waals surface area contributed by atoms with E-state index < -0.39 is 11.9 Å². The molecule has 0 aliphatic rings. The van der Waals surface area contributed by atoms with Crippen LogP contribution in [0.25, 0.3) is 0 Å². The Hall–Kier alpha value is -1.88. The topological polar surface area (TPSA) is 66.8 Å². The molecule has 0 aliphatic carbocycles. The van der Waals surface area contributed by atoms with Crippen molar-refractivity contribution in [2.45, 2.75) is 13.8 Å². The van der Waals surface area contributed by atoms with Crippen LogP contribution in [-0.2, 0) is 14.3 Å². The summed E-state index contributed by atoms with van der Waals surface area (Å²) < 4.78 is 4.84. The molecule has 1 atom stereocenters. The number of hydrogen-bond acceptors (Lipinski definition) is 3. The Balaban J connectivity index is 2.98. The fourth-order valence-electron chi connectivity index (χ4n) is 1.70. The van der Waals surface area contributed by atoms with Gasteiger partial charge in [0.05, 0.1) is 5.92 Å². The molecule has 1 aromatic rings. The Bertz CT molecular complexity index is 459. The highest BCUT2D eigenvalue weighted by atomic mass is 16.5. The zero-order chi connectivity index (χ0) is 14.4. The molecular weight excluding hydrogens is 246 g/mol. The molecule has 0 radical (unpaired) electrons. The second-order valence-corrected chi connectivity index (χ2v) is 4.52. The number of hydrogen-bond donors (Lipinski definition) is 1. The number of carboxylic acids is 1. The molecule has 5 nitrogen and oxygen atoms in total. The van der Waals surface area contributed by atoms with Crippen molar-refractivity contribution in [1.82, 2.24) is 0 Å². The number of carboxylic acid groups (broad SMARTS) is 1. The van der Waals surface area contributed by atoms with Crippen LogP contribution >= 0.6 is 0 Å². The third-order valence-corrected chi connectivity index (χ3v) is 2.76. The average Bonchev–Trinajstić information content (AvgIpc) is 2.35. The number of ether oxygens (including phenoxy) is 1. The molecule has 1 unspecified atom stereocenters. The highest BCUT2D eigenvalue weighted by molar-refractivity contribution is 5.95. The van der Waals surface area contributed by atoms with E-state index in [1.807, 2.05) is 25.1 Å². The summed E-state index contributed by atoms with van der Waals surface area (Å²) in [5.74, 6) is -1.81. The number of aliphatic carboxylic acids is 1. The lowest BCUT2D eigenvalue weighted by Gasteiger charge is -2.24. The molecule has 104 valence electrons. The summed E-state index contributed by atoms with van der Waals surface area (Å²) in [5, 5.41) is 8.97. The first-order valence-corrected chi connectivity index (χ1v) is 6.04. The summed E-state index contributed by atoms with van der Waals surface area (Å²) in [5.41, 5.74) is 1.70. The van der Waals surface area contributed by atoms with Crippen LogP contribution in [0.5, 0.6) is 0 Å². The summed E-state index contributed by atoms with van der Waals surface area (Å²) in [4.78, 5) is 24.4. The van der Waals surface area contributed by atoms with Gasteiger partial charge in [-0.1, -0.05) is 19.1 Å². The maximum atomic E-state index is 12.0. The molecule has 1 amide bonds. The molecule has 0 saturated carbocycles. The summed E-state index contributed by atoms with van der Waals surface area (Å²) in [6.45, 7) is 3.55. The minimum atomic E-state index is -0.928. The van der Waals surface area contributed by atoms with Gasteiger partial charge in [-0.25, -0.2) is 0 Å². The minimum absolute atomic E-state index is 0.0692. The normalized spacial score (nSPS) is 11.9. The molecule has 1 rings (SSSR count). The van der Waals surface area contributed by atoms with Crippen molar-refractivity contribution in [3.63, 3.8) is 0 Å². The van der Waals surface area contributed by atoms with E-state index in [1.165, 1.54) is 12.0 Å². The van der Waals surface area contributed by atoms with E-state index in [1.54, 1.807) is 13.0 Å². The van der Waals surface area contributed by atoms with Crippen molar-refractivity contribution in [2.75, 3.05) is 25.2 Å². The molecule has 5 heteroatoms. The number of amides is 1. The van der Waals surface area contributed by atoms with E-state index >= 15 is 0 Å². The smallest absolute Gasteiger partial charge is 0.308 e. The predicted octanol–water partition coefficient (Wildman–Crippen LogP) is 1.70. The second-order valence-electron chi connectivity index (χ2n) is 4.52. The van der Waals surface area contributed by atoms with Crippen molar-refractivity contribution in [2.24, 2.45) is 5.92 Å². The number of nitrogens with zero attached hydrogens (tertiary/aromatic N) is 1. The highest BCUT2D eigenvalue weighted by Crippen LogP contribution is 2.18. The maximum Gasteiger partial charge on any atom is 0.308 e. The van der Waals surface area contributed by atoms with Gasteiger partial charge in [0, 0.05) is 19.3 Å². The number of aryl methyl sites for hydroxylation is 1. The van der Waals surface area contributed by atoms with Crippen LogP contribution in [-0.4, -0.2) is 37.2 Å². The molecule has 0 fully saturated rings. The lowest BCUT2D eigenvalue weighted by atomic mass is 10.1. The van der Waals surface area contributed by atoms with Crippen molar-refractivity contribution < 1.29 is 19.4 Å². The quantitative estimate of drug-likeness (QED) is 0.850. The molecule has 0 heterocycles. The molecule has 0 spiro atoms. The first kappa shape index (κ1) is 15.2. The zero-order valence-electron chi connectivity index (χ0n) is 11.4. The third kappa shape index (κ3) is 4.37. The Morgan fingerprint density at radius 2 is 2.11 bits per heavy atom. The Kier molecular flexibility index (Phi) is 5.51. The average molecular weight is 265 g/mol. The van der Waals surface area contributed by atoms with Gasteiger partial charge in [-0.05, 0) is 24.6 Å². The summed E-state index contributed by atoms with van der Waals surface area (Å²) in [7, 11) is 1.44. The van der Waals surface area contributed by atoms with E-state index in [0.717, 1.165) is 5.56 Å². The van der Waals surface area contributed by atoms with Gasteiger partial charge in [-0.2, -0.15) is 0 Å². The number of rotatable bonds is 6. The van der Waals surface area contributed by atoms with Gasteiger partial charge in [-0.3, -0.25) is 9.59 Å². The van der Waals surface area contributed by atoms with Gasteiger partial charge in [0.1, 0.15) is 6.61 Å². The monoisotopic (exact) mass is 265 g/mol. The van der Waals surface area contributed by atoms with Gasteiger partial charge in [0.25, 0.3) is 5.91 Å².